The second-order valence-corrected chi connectivity index (χ2v) is 2.59. The molecule has 72 valence electrons. The Morgan fingerprint density at radius 1 is 1.21 bits per heavy atom. The van der Waals surface area contributed by atoms with Crippen molar-refractivity contribution >= 4 is 12.0 Å². The van der Waals surface area contributed by atoms with Crippen LogP contribution in [-0.4, -0.2) is 16.2 Å². The molecule has 0 saturated heterocycles. The number of rotatable bonds is 2. The number of carbonyl (C=O) groups is 1. The van der Waals surface area contributed by atoms with Gasteiger partial charge in [0.2, 0.25) is 5.43 Å². The normalized spacial score (nSPS) is 10.3. The highest BCUT2D eigenvalue weighted by Crippen LogP contribution is 2.03. The monoisotopic (exact) mass is 192 g/mol. The zero-order valence-corrected chi connectivity index (χ0v) is 7.18. The van der Waals surface area contributed by atoms with Crippen LogP contribution in [0.4, 0.5) is 0 Å². The smallest absolute Gasteiger partial charge is 0.328 e. The summed E-state index contributed by atoms with van der Waals surface area (Å²) in [6, 6.07) is 5.29. The molecule has 0 heterocycles. The summed E-state index contributed by atoms with van der Waals surface area (Å²) < 4.78 is 0. The molecule has 14 heavy (non-hydrogen) atoms. The van der Waals surface area contributed by atoms with E-state index in [0.29, 0.717) is 5.56 Å². The Morgan fingerprint density at radius 3 is 2.50 bits per heavy atom. The lowest BCUT2D eigenvalue weighted by Gasteiger charge is -1.83. The molecule has 0 radical (unpaired) electrons. The first-order valence-corrected chi connectivity index (χ1v) is 3.84. The highest BCUT2D eigenvalue weighted by atomic mass is 16.4. The standard InChI is InChI=1S/C10H8O4/c11-8-4-1-7(2-5-9(8)12)3-6-10(13)14/h1-6H,(H,11,12)(H,13,14)/b6-3+. The van der Waals surface area contributed by atoms with E-state index >= 15 is 0 Å². The summed E-state index contributed by atoms with van der Waals surface area (Å²) in [5.74, 6) is -1.43. The van der Waals surface area contributed by atoms with Gasteiger partial charge in [0.25, 0.3) is 0 Å². The van der Waals surface area contributed by atoms with E-state index in [2.05, 4.69) is 0 Å². The highest BCUT2D eigenvalue weighted by molar-refractivity contribution is 5.85. The summed E-state index contributed by atoms with van der Waals surface area (Å²) in [7, 11) is 0. The van der Waals surface area contributed by atoms with Crippen molar-refractivity contribution in [3.8, 4) is 5.75 Å². The Morgan fingerprint density at radius 2 is 1.86 bits per heavy atom. The molecule has 0 atom stereocenters. The second-order valence-electron chi connectivity index (χ2n) is 2.59. The van der Waals surface area contributed by atoms with Gasteiger partial charge in [0, 0.05) is 6.08 Å². The van der Waals surface area contributed by atoms with Crippen molar-refractivity contribution in [2.45, 2.75) is 0 Å². The average Bonchev–Trinajstić information content (AvgIpc) is 2.28. The van der Waals surface area contributed by atoms with Crippen molar-refractivity contribution in [2.75, 3.05) is 0 Å². The largest absolute Gasteiger partial charge is 0.504 e. The topological polar surface area (TPSA) is 74.6 Å². The molecule has 0 aromatic heterocycles. The van der Waals surface area contributed by atoms with Crippen LogP contribution in [0.1, 0.15) is 5.56 Å². The molecule has 0 aliphatic carbocycles. The first-order valence-electron chi connectivity index (χ1n) is 3.84. The summed E-state index contributed by atoms with van der Waals surface area (Å²) in [6.07, 6.45) is 2.29. The molecule has 0 aliphatic rings. The number of hydrogen-bond acceptors (Lipinski definition) is 3. The van der Waals surface area contributed by atoms with Gasteiger partial charge in [-0.25, -0.2) is 4.79 Å². The Kier molecular flexibility index (Phi) is 3.01. The van der Waals surface area contributed by atoms with Gasteiger partial charge in [0.15, 0.2) is 5.75 Å². The maximum atomic E-state index is 10.9. The molecule has 0 amide bonds. The summed E-state index contributed by atoms with van der Waals surface area (Å²) in [4.78, 5) is 21.1. The van der Waals surface area contributed by atoms with Crippen molar-refractivity contribution in [1.29, 1.82) is 0 Å². The van der Waals surface area contributed by atoms with E-state index in [-0.39, 0.29) is 5.75 Å². The van der Waals surface area contributed by atoms with Crippen molar-refractivity contribution in [2.24, 2.45) is 0 Å². The molecule has 4 nitrogen and oxygen atoms in total. The van der Waals surface area contributed by atoms with Crippen LogP contribution in [0.3, 0.4) is 0 Å². The van der Waals surface area contributed by atoms with E-state index in [4.69, 9.17) is 10.2 Å². The van der Waals surface area contributed by atoms with Gasteiger partial charge in [-0.2, -0.15) is 0 Å². The Hall–Kier alpha value is -2.10. The van der Waals surface area contributed by atoms with E-state index in [1.807, 2.05) is 0 Å². The van der Waals surface area contributed by atoms with Crippen LogP contribution in [0.2, 0.25) is 0 Å². The number of aromatic hydroxyl groups is 1. The minimum absolute atomic E-state index is 0.361. The maximum absolute atomic E-state index is 10.9. The van der Waals surface area contributed by atoms with E-state index in [0.717, 1.165) is 6.08 Å². The van der Waals surface area contributed by atoms with Gasteiger partial charge in [0.1, 0.15) is 0 Å². The maximum Gasteiger partial charge on any atom is 0.328 e. The molecule has 1 aromatic carbocycles. The molecular formula is C10H8O4. The van der Waals surface area contributed by atoms with Gasteiger partial charge in [-0.1, -0.05) is 12.1 Å². The Bertz CT molecular complexity index is 434. The van der Waals surface area contributed by atoms with Gasteiger partial charge < -0.3 is 10.2 Å². The van der Waals surface area contributed by atoms with Crippen LogP contribution in [0, 0.1) is 0 Å². The summed E-state index contributed by atoms with van der Waals surface area (Å²) in [5.41, 5.74) is 0.0322. The molecule has 0 bridgehead atoms. The number of hydrogen-bond donors (Lipinski definition) is 2. The molecule has 0 aliphatic heterocycles. The van der Waals surface area contributed by atoms with Gasteiger partial charge in [-0.15, -0.1) is 0 Å². The molecule has 1 rings (SSSR count). The molecular weight excluding hydrogens is 184 g/mol. The minimum Gasteiger partial charge on any atom is -0.504 e. The van der Waals surface area contributed by atoms with Gasteiger partial charge >= 0.3 is 5.97 Å². The molecule has 0 saturated carbocycles. The Balaban J connectivity index is 3.09. The lowest BCUT2D eigenvalue weighted by atomic mass is 10.2. The fourth-order valence-corrected chi connectivity index (χ4v) is 0.849. The van der Waals surface area contributed by atoms with Crippen LogP contribution in [-0.2, 0) is 4.79 Å². The molecule has 0 unspecified atom stereocenters. The first-order chi connectivity index (χ1) is 6.59. The lowest BCUT2D eigenvalue weighted by molar-refractivity contribution is -0.131. The lowest BCUT2D eigenvalue weighted by Crippen LogP contribution is -1.91. The molecule has 0 spiro atoms. The first kappa shape index (κ1) is 9.98. The average molecular weight is 192 g/mol. The van der Waals surface area contributed by atoms with Crippen molar-refractivity contribution in [3.63, 3.8) is 0 Å². The number of carboxylic acid groups (broad SMARTS) is 1. The van der Waals surface area contributed by atoms with Crippen molar-refractivity contribution in [1.82, 2.24) is 0 Å². The van der Waals surface area contributed by atoms with Gasteiger partial charge in [-0.05, 0) is 23.8 Å². The van der Waals surface area contributed by atoms with Crippen molar-refractivity contribution in [3.05, 3.63) is 46.1 Å². The van der Waals surface area contributed by atoms with Crippen LogP contribution < -0.4 is 5.43 Å². The third-order valence-electron chi connectivity index (χ3n) is 1.53. The fraction of sp³-hybridized carbons (Fsp3) is 0. The quantitative estimate of drug-likeness (QED) is 0.681. The van der Waals surface area contributed by atoms with E-state index in [1.54, 1.807) is 0 Å². The van der Waals surface area contributed by atoms with E-state index in [9.17, 15) is 9.59 Å². The molecule has 2 N–H and O–H groups in total. The summed E-state index contributed by atoms with van der Waals surface area (Å²) in [5, 5.41) is 17.4. The number of aliphatic carboxylic acids is 1. The van der Waals surface area contributed by atoms with Crippen molar-refractivity contribution < 1.29 is 15.0 Å². The predicted octanol–water partition coefficient (Wildman–Crippen LogP) is 0.850. The Labute approximate surface area is 79.8 Å². The second kappa shape index (κ2) is 4.23. The van der Waals surface area contributed by atoms with Crippen LogP contribution in [0.15, 0.2) is 35.1 Å². The zero-order valence-electron chi connectivity index (χ0n) is 7.18. The van der Waals surface area contributed by atoms with Gasteiger partial charge in [0.05, 0.1) is 0 Å². The van der Waals surface area contributed by atoms with Crippen LogP contribution in [0.5, 0.6) is 5.75 Å². The predicted molar refractivity (Wildman–Crippen MR) is 51.0 cm³/mol. The van der Waals surface area contributed by atoms with E-state index < -0.39 is 11.4 Å². The van der Waals surface area contributed by atoms with E-state index in [1.165, 1.54) is 30.3 Å². The number of carboxylic acids is 1. The fourth-order valence-electron chi connectivity index (χ4n) is 0.849. The minimum atomic E-state index is -1.07. The molecule has 4 heteroatoms. The highest BCUT2D eigenvalue weighted by Gasteiger charge is 1.92. The summed E-state index contributed by atoms with van der Waals surface area (Å²) in [6.45, 7) is 0. The third kappa shape index (κ3) is 2.75. The molecule has 0 fully saturated rings. The summed E-state index contributed by atoms with van der Waals surface area (Å²) >= 11 is 0. The van der Waals surface area contributed by atoms with Crippen LogP contribution >= 0.6 is 0 Å². The zero-order chi connectivity index (χ0) is 10.6. The SMILES string of the molecule is O=C(O)/C=C/c1ccc(O)c(=O)cc1. The van der Waals surface area contributed by atoms with Gasteiger partial charge in [-0.3, -0.25) is 4.79 Å². The molecule has 1 aromatic rings. The van der Waals surface area contributed by atoms with Crippen LogP contribution in [0.25, 0.3) is 6.08 Å². The third-order valence-corrected chi connectivity index (χ3v) is 1.53.